The molecule has 0 bridgehead atoms. The van der Waals surface area contributed by atoms with Gasteiger partial charge in [-0.25, -0.2) is 0 Å². The standard InChI is InChI=1S/C19H21ClN4O3/c1-14(19(25)21-16-8-6-15(20)7-9-16)22-10-12-23(13-11-22)17-4-2-3-5-18(17)24(26)27/h2-9,14H,10-13H2,1H3,(H,21,25). The number of nitrogens with zero attached hydrogens (tertiary/aromatic N) is 3. The molecule has 27 heavy (non-hydrogen) atoms. The number of halogens is 1. The number of carbonyl (C=O) groups excluding carboxylic acids is 1. The van der Waals surface area contributed by atoms with Gasteiger partial charge in [-0.3, -0.25) is 19.8 Å². The van der Waals surface area contributed by atoms with Crippen LogP contribution in [0.3, 0.4) is 0 Å². The molecule has 1 unspecified atom stereocenters. The van der Waals surface area contributed by atoms with Gasteiger partial charge < -0.3 is 10.2 Å². The highest BCUT2D eigenvalue weighted by Gasteiger charge is 2.28. The summed E-state index contributed by atoms with van der Waals surface area (Å²) in [4.78, 5) is 27.5. The average Bonchev–Trinajstić information content (AvgIpc) is 2.69. The maximum Gasteiger partial charge on any atom is 0.292 e. The lowest BCUT2D eigenvalue weighted by Crippen LogP contribution is -2.52. The van der Waals surface area contributed by atoms with E-state index in [0.29, 0.717) is 42.6 Å². The van der Waals surface area contributed by atoms with Gasteiger partial charge >= 0.3 is 0 Å². The van der Waals surface area contributed by atoms with Crippen LogP contribution in [0.1, 0.15) is 6.92 Å². The quantitative estimate of drug-likeness (QED) is 0.627. The molecule has 7 nitrogen and oxygen atoms in total. The van der Waals surface area contributed by atoms with Crippen molar-refractivity contribution in [1.82, 2.24) is 4.90 Å². The number of para-hydroxylation sites is 2. The van der Waals surface area contributed by atoms with Gasteiger partial charge in [0.15, 0.2) is 0 Å². The third kappa shape index (κ3) is 4.56. The average molecular weight is 389 g/mol. The van der Waals surface area contributed by atoms with Gasteiger partial charge in [0.05, 0.1) is 11.0 Å². The van der Waals surface area contributed by atoms with Crippen molar-refractivity contribution >= 4 is 34.6 Å². The Hall–Kier alpha value is -2.64. The highest BCUT2D eigenvalue weighted by atomic mass is 35.5. The van der Waals surface area contributed by atoms with Crippen LogP contribution in [-0.4, -0.2) is 48.0 Å². The molecular formula is C19H21ClN4O3. The molecule has 0 aliphatic carbocycles. The molecular weight excluding hydrogens is 368 g/mol. The van der Waals surface area contributed by atoms with Crippen LogP contribution in [0.15, 0.2) is 48.5 Å². The molecule has 2 aromatic carbocycles. The summed E-state index contributed by atoms with van der Waals surface area (Å²) in [7, 11) is 0. The third-order valence-electron chi connectivity index (χ3n) is 4.77. The molecule has 1 N–H and O–H groups in total. The molecule has 0 saturated carbocycles. The van der Waals surface area contributed by atoms with E-state index < -0.39 is 0 Å². The van der Waals surface area contributed by atoms with Crippen molar-refractivity contribution in [3.05, 3.63) is 63.7 Å². The first kappa shape index (κ1) is 19.1. The number of piperazine rings is 1. The molecule has 1 aliphatic heterocycles. The molecule has 1 amide bonds. The Morgan fingerprint density at radius 1 is 1.11 bits per heavy atom. The van der Waals surface area contributed by atoms with Gasteiger partial charge in [0, 0.05) is 43.0 Å². The summed E-state index contributed by atoms with van der Waals surface area (Å²) in [5, 5.41) is 14.7. The van der Waals surface area contributed by atoms with E-state index in [2.05, 4.69) is 10.2 Å². The number of nitro benzene ring substituents is 1. The van der Waals surface area contributed by atoms with Crippen molar-refractivity contribution in [3.63, 3.8) is 0 Å². The number of amides is 1. The zero-order valence-corrected chi connectivity index (χ0v) is 15.7. The van der Waals surface area contributed by atoms with Crippen molar-refractivity contribution in [2.45, 2.75) is 13.0 Å². The molecule has 1 atom stereocenters. The second-order valence-corrected chi connectivity index (χ2v) is 6.88. The number of nitrogens with one attached hydrogen (secondary N) is 1. The van der Waals surface area contributed by atoms with E-state index in [1.165, 1.54) is 6.07 Å². The van der Waals surface area contributed by atoms with Crippen LogP contribution in [0.4, 0.5) is 17.1 Å². The van der Waals surface area contributed by atoms with E-state index in [9.17, 15) is 14.9 Å². The van der Waals surface area contributed by atoms with E-state index in [4.69, 9.17) is 11.6 Å². The van der Waals surface area contributed by atoms with Crippen LogP contribution in [0.25, 0.3) is 0 Å². The van der Waals surface area contributed by atoms with Gasteiger partial charge in [-0.1, -0.05) is 23.7 Å². The predicted molar refractivity (Wildman–Crippen MR) is 106 cm³/mol. The monoisotopic (exact) mass is 388 g/mol. The zero-order valence-electron chi connectivity index (χ0n) is 15.0. The minimum absolute atomic E-state index is 0.0866. The molecule has 8 heteroatoms. The fourth-order valence-corrected chi connectivity index (χ4v) is 3.31. The fraction of sp³-hybridized carbons (Fsp3) is 0.316. The topological polar surface area (TPSA) is 78.7 Å². The normalized spacial score (nSPS) is 16.0. The summed E-state index contributed by atoms with van der Waals surface area (Å²) in [5.74, 6) is -0.0866. The number of anilines is 2. The lowest BCUT2D eigenvalue weighted by Gasteiger charge is -2.38. The Morgan fingerprint density at radius 2 is 1.74 bits per heavy atom. The van der Waals surface area contributed by atoms with E-state index in [1.807, 2.05) is 11.8 Å². The van der Waals surface area contributed by atoms with E-state index in [-0.39, 0.29) is 22.6 Å². The van der Waals surface area contributed by atoms with E-state index in [0.717, 1.165) is 0 Å². The highest BCUT2D eigenvalue weighted by molar-refractivity contribution is 6.30. The molecule has 1 fully saturated rings. The van der Waals surface area contributed by atoms with Crippen LogP contribution in [0.5, 0.6) is 0 Å². The zero-order chi connectivity index (χ0) is 19.4. The van der Waals surface area contributed by atoms with Crippen molar-refractivity contribution in [3.8, 4) is 0 Å². The van der Waals surface area contributed by atoms with Gasteiger partial charge in [-0.05, 0) is 37.3 Å². The minimum Gasteiger partial charge on any atom is -0.363 e. The molecule has 0 aromatic heterocycles. The number of benzene rings is 2. The lowest BCUT2D eigenvalue weighted by atomic mass is 10.1. The molecule has 1 saturated heterocycles. The van der Waals surface area contributed by atoms with E-state index >= 15 is 0 Å². The Balaban J connectivity index is 1.59. The number of rotatable bonds is 5. The van der Waals surface area contributed by atoms with Gasteiger partial charge in [-0.15, -0.1) is 0 Å². The first-order chi connectivity index (χ1) is 13.0. The molecule has 3 rings (SSSR count). The van der Waals surface area contributed by atoms with Gasteiger partial charge in [0.25, 0.3) is 5.69 Å². The van der Waals surface area contributed by atoms with Crippen LogP contribution in [0.2, 0.25) is 5.02 Å². The van der Waals surface area contributed by atoms with E-state index in [1.54, 1.807) is 42.5 Å². The van der Waals surface area contributed by atoms with Crippen molar-refractivity contribution in [1.29, 1.82) is 0 Å². The number of hydrogen-bond acceptors (Lipinski definition) is 5. The minimum atomic E-state index is -0.357. The number of carbonyl (C=O) groups is 1. The van der Waals surface area contributed by atoms with Gasteiger partial charge in [0.1, 0.15) is 5.69 Å². The molecule has 0 radical (unpaired) electrons. The summed E-state index contributed by atoms with van der Waals surface area (Å²) in [6.07, 6.45) is 0. The van der Waals surface area contributed by atoms with Crippen LogP contribution in [0, 0.1) is 10.1 Å². The second kappa shape index (κ2) is 8.37. The summed E-state index contributed by atoms with van der Waals surface area (Å²) in [6.45, 7) is 4.43. The third-order valence-corrected chi connectivity index (χ3v) is 5.02. The van der Waals surface area contributed by atoms with Crippen molar-refractivity contribution in [2.75, 3.05) is 36.4 Å². The predicted octanol–water partition coefficient (Wildman–Crippen LogP) is 3.40. The van der Waals surface area contributed by atoms with Crippen molar-refractivity contribution in [2.24, 2.45) is 0 Å². The van der Waals surface area contributed by atoms with Crippen LogP contribution >= 0.6 is 11.6 Å². The highest BCUT2D eigenvalue weighted by Crippen LogP contribution is 2.28. The lowest BCUT2D eigenvalue weighted by molar-refractivity contribution is -0.384. The number of nitro groups is 1. The van der Waals surface area contributed by atoms with Crippen LogP contribution in [-0.2, 0) is 4.79 Å². The Morgan fingerprint density at radius 3 is 2.37 bits per heavy atom. The largest absolute Gasteiger partial charge is 0.363 e. The SMILES string of the molecule is CC(C(=O)Nc1ccc(Cl)cc1)N1CCN(c2ccccc2[N+](=O)[O-])CC1. The Labute approximate surface area is 162 Å². The fourth-order valence-electron chi connectivity index (χ4n) is 3.18. The molecule has 1 aliphatic rings. The molecule has 1 heterocycles. The second-order valence-electron chi connectivity index (χ2n) is 6.44. The Kier molecular flexibility index (Phi) is 5.93. The molecule has 2 aromatic rings. The summed E-state index contributed by atoms with van der Waals surface area (Å²) >= 11 is 5.86. The molecule has 142 valence electrons. The molecule has 0 spiro atoms. The van der Waals surface area contributed by atoms with Crippen molar-refractivity contribution < 1.29 is 9.72 Å². The summed E-state index contributed by atoms with van der Waals surface area (Å²) < 4.78 is 0. The maximum absolute atomic E-state index is 12.5. The summed E-state index contributed by atoms with van der Waals surface area (Å²) in [5.41, 5.74) is 1.44. The smallest absolute Gasteiger partial charge is 0.292 e. The van der Waals surface area contributed by atoms with Gasteiger partial charge in [0.2, 0.25) is 5.91 Å². The first-order valence-electron chi connectivity index (χ1n) is 8.74. The van der Waals surface area contributed by atoms with Crippen LogP contribution < -0.4 is 10.2 Å². The first-order valence-corrected chi connectivity index (χ1v) is 9.12. The maximum atomic E-state index is 12.5. The number of hydrogen-bond donors (Lipinski definition) is 1. The summed E-state index contributed by atoms with van der Waals surface area (Å²) in [6, 6.07) is 13.4. The Bertz CT molecular complexity index is 820. The van der Waals surface area contributed by atoms with Gasteiger partial charge in [-0.2, -0.15) is 0 Å².